The molecule has 0 bridgehead atoms. The summed E-state index contributed by atoms with van der Waals surface area (Å²) < 4.78 is 6.76. The van der Waals surface area contributed by atoms with Crippen molar-refractivity contribution in [1.29, 1.82) is 0 Å². The number of hydrogen-bond acceptors (Lipinski definition) is 7. The highest BCUT2D eigenvalue weighted by molar-refractivity contribution is 7.17. The third kappa shape index (κ3) is 3.53. The van der Waals surface area contributed by atoms with E-state index in [4.69, 9.17) is 4.74 Å². The van der Waals surface area contributed by atoms with E-state index in [-0.39, 0.29) is 5.75 Å². The smallest absolute Gasteiger partial charge is 0.115 e. The summed E-state index contributed by atoms with van der Waals surface area (Å²) in [4.78, 5) is 0. The molecule has 1 aromatic heterocycles. The molecule has 3 aromatic rings. The normalized spacial score (nSPS) is 27.9. The van der Waals surface area contributed by atoms with Crippen LogP contribution in [0.15, 0.2) is 47.8 Å². The van der Waals surface area contributed by atoms with Crippen LogP contribution in [0.2, 0.25) is 0 Å². The summed E-state index contributed by atoms with van der Waals surface area (Å²) >= 11 is 1.62. The number of hydrogen-bond donors (Lipinski definition) is 5. The number of phenols is 1. The number of aliphatic hydroxyl groups excluding tert-OH is 4. The molecule has 1 aliphatic heterocycles. The molecule has 2 aromatic carbocycles. The molecule has 0 unspecified atom stereocenters. The zero-order valence-corrected chi connectivity index (χ0v) is 15.8. The summed E-state index contributed by atoms with van der Waals surface area (Å²) in [6, 6.07) is 12.8. The van der Waals surface area contributed by atoms with E-state index in [9.17, 15) is 25.5 Å². The molecule has 1 aliphatic rings. The third-order valence-electron chi connectivity index (χ3n) is 5.23. The van der Waals surface area contributed by atoms with Gasteiger partial charge in [0.25, 0.3) is 0 Å². The van der Waals surface area contributed by atoms with Crippen molar-refractivity contribution in [1.82, 2.24) is 0 Å². The summed E-state index contributed by atoms with van der Waals surface area (Å²) in [5.41, 5.74) is 2.85. The molecule has 4 rings (SSSR count). The van der Waals surface area contributed by atoms with Gasteiger partial charge in [0.15, 0.2) is 0 Å². The van der Waals surface area contributed by atoms with E-state index in [1.54, 1.807) is 23.5 Å². The summed E-state index contributed by atoms with van der Waals surface area (Å²) in [5, 5.41) is 52.4. The minimum Gasteiger partial charge on any atom is -0.508 e. The van der Waals surface area contributed by atoms with Crippen molar-refractivity contribution in [3.05, 3.63) is 64.5 Å². The SMILES string of the molecule is OC[C@H]1O[C@@H](c2ccc3scc(Cc4ccc(O)cc4)c3c2)[C@H](O)[C@@H](O)[C@@H]1O. The van der Waals surface area contributed by atoms with Crippen molar-refractivity contribution in [2.75, 3.05) is 6.61 Å². The maximum atomic E-state index is 10.4. The molecule has 1 saturated heterocycles. The van der Waals surface area contributed by atoms with Crippen molar-refractivity contribution in [2.24, 2.45) is 0 Å². The molecule has 5 atom stereocenters. The Labute approximate surface area is 165 Å². The first-order valence-corrected chi connectivity index (χ1v) is 9.94. The molecule has 5 N–H and O–H groups in total. The van der Waals surface area contributed by atoms with E-state index < -0.39 is 37.1 Å². The molecule has 0 saturated carbocycles. The van der Waals surface area contributed by atoms with Crippen LogP contribution in [0.1, 0.15) is 22.8 Å². The number of aromatic hydroxyl groups is 1. The fraction of sp³-hybridized carbons (Fsp3) is 0.333. The van der Waals surface area contributed by atoms with E-state index in [1.807, 2.05) is 30.3 Å². The number of rotatable bonds is 4. The molecule has 1 fully saturated rings. The molecule has 0 radical (unpaired) electrons. The maximum absolute atomic E-state index is 10.4. The first kappa shape index (κ1) is 19.3. The minimum absolute atomic E-state index is 0.226. The Morgan fingerprint density at radius 2 is 1.68 bits per heavy atom. The van der Waals surface area contributed by atoms with Crippen LogP contribution in [-0.2, 0) is 11.2 Å². The largest absolute Gasteiger partial charge is 0.508 e. The summed E-state index contributed by atoms with van der Waals surface area (Å²) in [6.07, 6.45) is -5.15. The molecule has 2 heterocycles. The average Bonchev–Trinajstić information content (AvgIpc) is 3.10. The van der Waals surface area contributed by atoms with Crippen molar-refractivity contribution in [3.8, 4) is 5.75 Å². The molecular formula is C21H22O6S. The lowest BCUT2D eigenvalue weighted by Gasteiger charge is -2.40. The van der Waals surface area contributed by atoms with E-state index >= 15 is 0 Å². The highest BCUT2D eigenvalue weighted by Crippen LogP contribution is 2.36. The zero-order valence-electron chi connectivity index (χ0n) is 15.0. The maximum Gasteiger partial charge on any atom is 0.115 e. The number of ether oxygens (including phenoxy) is 1. The highest BCUT2D eigenvalue weighted by atomic mass is 32.1. The van der Waals surface area contributed by atoms with Crippen LogP contribution in [0.3, 0.4) is 0 Å². The topological polar surface area (TPSA) is 110 Å². The lowest BCUT2D eigenvalue weighted by molar-refractivity contribution is -0.231. The van der Waals surface area contributed by atoms with Crippen molar-refractivity contribution >= 4 is 21.4 Å². The Morgan fingerprint density at radius 3 is 2.39 bits per heavy atom. The van der Waals surface area contributed by atoms with Crippen molar-refractivity contribution in [3.63, 3.8) is 0 Å². The second-order valence-electron chi connectivity index (χ2n) is 7.11. The minimum atomic E-state index is -1.40. The van der Waals surface area contributed by atoms with Gasteiger partial charge in [-0.2, -0.15) is 0 Å². The number of thiophene rings is 1. The van der Waals surface area contributed by atoms with Crippen LogP contribution in [0.5, 0.6) is 5.75 Å². The van der Waals surface area contributed by atoms with E-state index in [0.717, 1.165) is 21.2 Å². The van der Waals surface area contributed by atoms with Crippen LogP contribution < -0.4 is 0 Å². The van der Waals surface area contributed by atoms with Gasteiger partial charge < -0.3 is 30.3 Å². The lowest BCUT2D eigenvalue weighted by atomic mass is 9.90. The second-order valence-corrected chi connectivity index (χ2v) is 8.02. The number of aliphatic hydroxyl groups is 4. The van der Waals surface area contributed by atoms with Gasteiger partial charge in [0, 0.05) is 4.70 Å². The fourth-order valence-electron chi connectivity index (χ4n) is 3.62. The van der Waals surface area contributed by atoms with Crippen LogP contribution in [0.25, 0.3) is 10.1 Å². The molecule has 148 valence electrons. The predicted molar refractivity (Wildman–Crippen MR) is 105 cm³/mol. The second kappa shape index (κ2) is 7.79. The molecule has 0 aliphatic carbocycles. The molecule has 6 nitrogen and oxygen atoms in total. The number of phenolic OH excluding ortho intramolecular Hbond substituents is 1. The summed E-state index contributed by atoms with van der Waals surface area (Å²) in [5.74, 6) is 0.226. The Bertz CT molecular complexity index is 951. The van der Waals surface area contributed by atoms with Gasteiger partial charge in [0.1, 0.15) is 36.3 Å². The lowest BCUT2D eigenvalue weighted by Crippen LogP contribution is -2.55. The predicted octanol–water partition coefficient (Wildman–Crippen LogP) is 1.71. The van der Waals surface area contributed by atoms with Gasteiger partial charge in [-0.15, -0.1) is 11.3 Å². The first-order chi connectivity index (χ1) is 13.5. The van der Waals surface area contributed by atoms with E-state index in [1.165, 1.54) is 0 Å². The van der Waals surface area contributed by atoms with Crippen LogP contribution >= 0.6 is 11.3 Å². The Kier molecular flexibility index (Phi) is 5.37. The Morgan fingerprint density at radius 1 is 0.929 bits per heavy atom. The molecule has 0 amide bonds. The molecular weight excluding hydrogens is 380 g/mol. The van der Waals surface area contributed by atoms with Crippen LogP contribution in [-0.4, -0.2) is 56.6 Å². The Balaban J connectivity index is 1.66. The molecule has 28 heavy (non-hydrogen) atoms. The van der Waals surface area contributed by atoms with Gasteiger partial charge in [-0.1, -0.05) is 18.2 Å². The van der Waals surface area contributed by atoms with Gasteiger partial charge in [-0.05, 0) is 58.1 Å². The van der Waals surface area contributed by atoms with Gasteiger partial charge in [-0.25, -0.2) is 0 Å². The molecule has 7 heteroatoms. The fourth-order valence-corrected chi connectivity index (χ4v) is 4.57. The average molecular weight is 402 g/mol. The zero-order chi connectivity index (χ0) is 19.8. The summed E-state index contributed by atoms with van der Waals surface area (Å²) in [7, 11) is 0. The first-order valence-electron chi connectivity index (χ1n) is 9.06. The van der Waals surface area contributed by atoms with Gasteiger partial charge in [-0.3, -0.25) is 0 Å². The quantitative estimate of drug-likeness (QED) is 0.455. The Hall–Kier alpha value is -2.00. The van der Waals surface area contributed by atoms with Gasteiger partial charge >= 0.3 is 0 Å². The van der Waals surface area contributed by atoms with Crippen LogP contribution in [0, 0.1) is 0 Å². The third-order valence-corrected chi connectivity index (χ3v) is 6.24. The van der Waals surface area contributed by atoms with Crippen LogP contribution in [0.4, 0.5) is 0 Å². The van der Waals surface area contributed by atoms with Gasteiger partial charge in [0.2, 0.25) is 0 Å². The highest BCUT2D eigenvalue weighted by Gasteiger charge is 2.43. The van der Waals surface area contributed by atoms with E-state index in [0.29, 0.717) is 12.0 Å². The van der Waals surface area contributed by atoms with Crippen molar-refractivity contribution < 1.29 is 30.3 Å². The molecule has 0 spiro atoms. The van der Waals surface area contributed by atoms with Gasteiger partial charge in [0.05, 0.1) is 6.61 Å². The van der Waals surface area contributed by atoms with E-state index in [2.05, 4.69) is 5.38 Å². The van der Waals surface area contributed by atoms with Crippen molar-refractivity contribution in [2.45, 2.75) is 36.9 Å². The monoisotopic (exact) mass is 402 g/mol. The standard InChI is InChI=1S/C21H22O6S/c22-9-16-18(24)19(25)20(26)21(27-16)12-3-6-17-15(8-12)13(10-28-17)7-11-1-4-14(23)5-2-11/h1-6,8,10,16,18-26H,7,9H2/t16-,18-,19+,20-,21+/m1/s1. The number of fused-ring (bicyclic) bond motifs is 1. The summed E-state index contributed by atoms with van der Waals surface area (Å²) in [6.45, 7) is -0.450. The number of benzene rings is 2.